The lowest BCUT2D eigenvalue weighted by Crippen LogP contribution is -2.48. The van der Waals surface area contributed by atoms with Crippen LogP contribution in [0.1, 0.15) is 39.2 Å². The largest absolute Gasteiger partial charge is 0.354 e. The van der Waals surface area contributed by atoms with E-state index in [-0.39, 0.29) is 48.0 Å². The summed E-state index contributed by atoms with van der Waals surface area (Å²) < 4.78 is 39.9. The van der Waals surface area contributed by atoms with Crippen LogP contribution in [0.4, 0.5) is 4.39 Å². The van der Waals surface area contributed by atoms with Crippen LogP contribution < -0.4 is 5.32 Å². The minimum atomic E-state index is -3.65. The lowest BCUT2D eigenvalue weighted by Gasteiger charge is -2.29. The average molecular weight is 492 g/mol. The summed E-state index contributed by atoms with van der Waals surface area (Å²) in [4.78, 5) is 27.4. The SMILES string of the molecule is CC(C)CNC(=O)[C@@H](C)N(Cc1ccc(F)cc1)C(=O)CCCN(C)S(=O)(=O)c1ccccc1. The van der Waals surface area contributed by atoms with Gasteiger partial charge in [-0.1, -0.05) is 44.2 Å². The molecule has 0 aliphatic heterocycles. The number of carbonyl (C=O) groups excluding carboxylic acids is 2. The van der Waals surface area contributed by atoms with Gasteiger partial charge in [-0.05, 0) is 49.1 Å². The quantitative estimate of drug-likeness (QED) is 0.493. The van der Waals surface area contributed by atoms with Crippen LogP contribution in [-0.4, -0.2) is 55.6 Å². The Labute approximate surface area is 202 Å². The van der Waals surface area contributed by atoms with Crippen molar-refractivity contribution in [2.45, 2.75) is 51.1 Å². The molecule has 0 heterocycles. The van der Waals surface area contributed by atoms with Gasteiger partial charge < -0.3 is 10.2 Å². The summed E-state index contributed by atoms with van der Waals surface area (Å²) in [5.74, 6) is -0.665. The molecule has 2 amide bonds. The minimum Gasteiger partial charge on any atom is -0.354 e. The van der Waals surface area contributed by atoms with Crippen LogP contribution in [0.25, 0.3) is 0 Å². The summed E-state index contributed by atoms with van der Waals surface area (Å²) >= 11 is 0. The Balaban J connectivity index is 2.06. The van der Waals surface area contributed by atoms with Crippen molar-refractivity contribution in [1.29, 1.82) is 0 Å². The summed E-state index contributed by atoms with van der Waals surface area (Å²) in [6, 6.07) is 13.1. The summed E-state index contributed by atoms with van der Waals surface area (Å²) in [7, 11) is -2.17. The van der Waals surface area contributed by atoms with Crippen LogP contribution in [0.3, 0.4) is 0 Å². The second-order valence-electron chi connectivity index (χ2n) is 8.71. The highest BCUT2D eigenvalue weighted by atomic mass is 32.2. The van der Waals surface area contributed by atoms with Crippen molar-refractivity contribution in [1.82, 2.24) is 14.5 Å². The van der Waals surface area contributed by atoms with E-state index in [0.717, 1.165) is 0 Å². The van der Waals surface area contributed by atoms with Gasteiger partial charge in [0.1, 0.15) is 11.9 Å². The molecule has 2 aromatic rings. The van der Waals surface area contributed by atoms with Crippen LogP contribution in [-0.2, 0) is 26.2 Å². The van der Waals surface area contributed by atoms with Crippen molar-refractivity contribution in [3.8, 4) is 0 Å². The van der Waals surface area contributed by atoms with E-state index < -0.39 is 16.1 Å². The van der Waals surface area contributed by atoms with Crippen molar-refractivity contribution in [3.05, 3.63) is 66.0 Å². The maximum absolute atomic E-state index is 13.3. The van der Waals surface area contributed by atoms with Crippen molar-refractivity contribution < 1.29 is 22.4 Å². The Morgan fingerprint density at radius 1 is 1.00 bits per heavy atom. The lowest BCUT2D eigenvalue weighted by molar-refractivity contribution is -0.140. The molecular formula is C25H34FN3O4S. The highest BCUT2D eigenvalue weighted by Crippen LogP contribution is 2.16. The second-order valence-corrected chi connectivity index (χ2v) is 10.8. The number of benzene rings is 2. The van der Waals surface area contributed by atoms with Crippen molar-refractivity contribution in [3.63, 3.8) is 0 Å². The van der Waals surface area contributed by atoms with Crippen molar-refractivity contribution >= 4 is 21.8 Å². The fraction of sp³-hybridized carbons (Fsp3) is 0.440. The van der Waals surface area contributed by atoms with Gasteiger partial charge in [-0.2, -0.15) is 0 Å². The first kappa shape index (κ1) is 27.5. The first-order chi connectivity index (χ1) is 16.0. The predicted molar refractivity (Wildman–Crippen MR) is 130 cm³/mol. The summed E-state index contributed by atoms with van der Waals surface area (Å²) in [6.45, 7) is 6.40. The molecule has 0 bridgehead atoms. The standard InChI is InChI=1S/C25H34FN3O4S/c1-19(2)17-27-25(31)20(3)29(18-21-12-14-22(26)15-13-21)24(30)11-8-16-28(4)34(32,33)23-9-6-5-7-10-23/h5-7,9-10,12-15,19-20H,8,11,16-18H2,1-4H3,(H,27,31)/t20-/m1/s1. The van der Waals surface area contributed by atoms with E-state index in [1.807, 2.05) is 13.8 Å². The topological polar surface area (TPSA) is 86.8 Å². The first-order valence-corrected chi connectivity index (χ1v) is 12.8. The molecule has 0 radical (unpaired) electrons. The predicted octanol–water partition coefficient (Wildman–Crippen LogP) is 3.42. The Bertz CT molecular complexity index is 1040. The van der Waals surface area contributed by atoms with E-state index >= 15 is 0 Å². The Morgan fingerprint density at radius 2 is 1.62 bits per heavy atom. The van der Waals surface area contributed by atoms with Crippen LogP contribution in [0.5, 0.6) is 0 Å². The molecule has 2 aromatic carbocycles. The van der Waals surface area contributed by atoms with Gasteiger partial charge in [0, 0.05) is 33.1 Å². The molecule has 0 aromatic heterocycles. The van der Waals surface area contributed by atoms with E-state index in [4.69, 9.17) is 0 Å². The summed E-state index contributed by atoms with van der Waals surface area (Å²) in [5, 5.41) is 2.84. The second kappa shape index (κ2) is 12.6. The van der Waals surface area contributed by atoms with Crippen molar-refractivity contribution in [2.75, 3.05) is 20.1 Å². The monoisotopic (exact) mass is 491 g/mol. The number of hydrogen-bond acceptors (Lipinski definition) is 4. The number of amides is 2. The third-order valence-corrected chi connectivity index (χ3v) is 7.30. The Hall–Kier alpha value is -2.78. The maximum atomic E-state index is 13.3. The van der Waals surface area contributed by atoms with E-state index in [2.05, 4.69) is 5.32 Å². The molecule has 9 heteroatoms. The molecule has 0 aliphatic carbocycles. The highest BCUT2D eigenvalue weighted by Gasteiger charge is 2.27. The molecule has 0 fully saturated rings. The zero-order chi connectivity index (χ0) is 25.3. The van der Waals surface area contributed by atoms with E-state index in [1.54, 1.807) is 37.3 Å². The molecule has 0 saturated carbocycles. The molecule has 7 nitrogen and oxygen atoms in total. The van der Waals surface area contributed by atoms with Crippen LogP contribution in [0.15, 0.2) is 59.5 Å². The van der Waals surface area contributed by atoms with Gasteiger partial charge >= 0.3 is 0 Å². The Kier molecular flexibility index (Phi) is 10.2. The van der Waals surface area contributed by atoms with Crippen LogP contribution in [0.2, 0.25) is 0 Å². The number of rotatable bonds is 12. The molecule has 1 N–H and O–H groups in total. The number of halogens is 1. The smallest absolute Gasteiger partial charge is 0.242 e. The summed E-state index contributed by atoms with van der Waals surface area (Å²) in [5.41, 5.74) is 0.696. The fourth-order valence-electron chi connectivity index (χ4n) is 3.31. The van der Waals surface area contributed by atoms with Gasteiger partial charge in [0.2, 0.25) is 21.8 Å². The normalized spacial score (nSPS) is 12.6. The molecule has 0 spiro atoms. The number of sulfonamides is 1. The average Bonchev–Trinajstić information content (AvgIpc) is 2.82. The Morgan fingerprint density at radius 3 is 2.21 bits per heavy atom. The molecule has 2 rings (SSSR count). The van der Waals surface area contributed by atoms with Gasteiger partial charge in [-0.3, -0.25) is 9.59 Å². The zero-order valence-electron chi connectivity index (χ0n) is 20.2. The highest BCUT2D eigenvalue weighted by molar-refractivity contribution is 7.89. The van der Waals surface area contributed by atoms with Gasteiger partial charge in [0.15, 0.2) is 0 Å². The van der Waals surface area contributed by atoms with E-state index in [1.165, 1.54) is 40.5 Å². The molecule has 0 saturated heterocycles. The van der Waals surface area contributed by atoms with Gasteiger partial charge in [0.25, 0.3) is 0 Å². The number of hydrogen-bond donors (Lipinski definition) is 1. The van der Waals surface area contributed by atoms with E-state index in [0.29, 0.717) is 18.5 Å². The summed E-state index contributed by atoms with van der Waals surface area (Å²) in [6.07, 6.45) is 0.360. The molecular weight excluding hydrogens is 457 g/mol. The molecule has 0 unspecified atom stereocenters. The van der Waals surface area contributed by atoms with E-state index in [9.17, 15) is 22.4 Å². The zero-order valence-corrected chi connectivity index (χ0v) is 21.0. The van der Waals surface area contributed by atoms with Crippen LogP contribution in [0, 0.1) is 11.7 Å². The van der Waals surface area contributed by atoms with Crippen molar-refractivity contribution in [2.24, 2.45) is 5.92 Å². The molecule has 34 heavy (non-hydrogen) atoms. The van der Waals surface area contributed by atoms with Gasteiger partial charge in [-0.25, -0.2) is 17.1 Å². The first-order valence-electron chi connectivity index (χ1n) is 11.4. The third kappa shape index (κ3) is 7.92. The number of nitrogens with zero attached hydrogens (tertiary/aromatic N) is 2. The molecule has 1 atom stereocenters. The van der Waals surface area contributed by atoms with Gasteiger partial charge in [0.05, 0.1) is 4.90 Å². The number of nitrogens with one attached hydrogen (secondary N) is 1. The minimum absolute atomic E-state index is 0.0671. The molecule has 186 valence electrons. The fourth-order valence-corrected chi connectivity index (χ4v) is 4.54. The van der Waals surface area contributed by atoms with Crippen LogP contribution >= 0.6 is 0 Å². The lowest BCUT2D eigenvalue weighted by atomic mass is 10.1. The third-order valence-electron chi connectivity index (χ3n) is 5.43. The van der Waals surface area contributed by atoms with Gasteiger partial charge in [-0.15, -0.1) is 0 Å². The maximum Gasteiger partial charge on any atom is 0.242 e. The molecule has 0 aliphatic rings. The number of carbonyl (C=O) groups is 2.